The van der Waals surface area contributed by atoms with E-state index in [1.165, 1.54) is 24.1 Å². The van der Waals surface area contributed by atoms with Crippen molar-refractivity contribution in [1.29, 1.82) is 0 Å². The number of amides is 1. The van der Waals surface area contributed by atoms with Gasteiger partial charge >= 0.3 is 0 Å². The maximum atomic E-state index is 12.5. The molecular formula is C19H24N2O3. The van der Waals surface area contributed by atoms with Gasteiger partial charge in [0.25, 0.3) is 5.56 Å². The number of nitrogens with one attached hydrogen (secondary N) is 1. The summed E-state index contributed by atoms with van der Waals surface area (Å²) in [6.45, 7) is 2.39. The number of ether oxygens (including phenoxy) is 1. The molecule has 2 heterocycles. The summed E-state index contributed by atoms with van der Waals surface area (Å²) in [5.41, 5.74) is 2.58. The monoisotopic (exact) mass is 328 g/mol. The molecule has 0 bridgehead atoms. The molecule has 3 fully saturated rings. The third-order valence-corrected chi connectivity index (χ3v) is 6.32. The molecule has 5 nitrogen and oxygen atoms in total. The van der Waals surface area contributed by atoms with Crippen LogP contribution in [0.1, 0.15) is 30.5 Å². The summed E-state index contributed by atoms with van der Waals surface area (Å²) in [6.07, 6.45) is 5.18. The third-order valence-electron chi connectivity index (χ3n) is 6.32. The summed E-state index contributed by atoms with van der Waals surface area (Å²) >= 11 is 0. The second-order valence-corrected chi connectivity index (χ2v) is 8.04. The second kappa shape index (κ2) is 5.45. The first-order valence-corrected chi connectivity index (χ1v) is 9.30. The lowest BCUT2D eigenvalue weighted by atomic mass is 9.91. The highest BCUT2D eigenvalue weighted by molar-refractivity contribution is 5.82. The van der Waals surface area contributed by atoms with E-state index >= 15 is 0 Å². The van der Waals surface area contributed by atoms with Gasteiger partial charge < -0.3 is 14.6 Å². The van der Waals surface area contributed by atoms with E-state index in [-0.39, 0.29) is 23.4 Å². The van der Waals surface area contributed by atoms with E-state index in [9.17, 15) is 9.59 Å². The summed E-state index contributed by atoms with van der Waals surface area (Å²) in [6, 6.07) is 3.88. The first-order valence-electron chi connectivity index (χ1n) is 9.30. The molecule has 1 amide bonds. The van der Waals surface area contributed by atoms with Crippen LogP contribution in [0.3, 0.4) is 0 Å². The third kappa shape index (κ3) is 2.50. The van der Waals surface area contributed by atoms with E-state index in [1.54, 1.807) is 6.07 Å². The zero-order valence-corrected chi connectivity index (χ0v) is 13.9. The standard InChI is InChI=1S/C19H24N2O3/c22-17-6-3-12-7-13(4-5-16(12)21(17)8-11-1-2-11)20-19(23)18-14-9-24-10-15(14)18/h3,6,11,13-15,18H,1-2,4-5,7-10H2,(H,20,23)/t13?,14-,15+,18?. The minimum Gasteiger partial charge on any atom is -0.381 e. The Morgan fingerprint density at radius 3 is 2.75 bits per heavy atom. The largest absolute Gasteiger partial charge is 0.381 e. The molecule has 5 rings (SSSR count). The molecule has 128 valence electrons. The Hall–Kier alpha value is -1.62. The van der Waals surface area contributed by atoms with Gasteiger partial charge in [-0.05, 0) is 55.4 Å². The SMILES string of the molecule is O=C(NC1CCc2c(ccc(=O)n2CC2CC2)C1)C1[C@H]2COC[C@@H]12. The molecule has 4 atom stereocenters. The number of hydrogen-bond acceptors (Lipinski definition) is 3. The van der Waals surface area contributed by atoms with E-state index < -0.39 is 0 Å². The second-order valence-electron chi connectivity index (χ2n) is 8.04. The number of rotatable bonds is 4. The fourth-order valence-corrected chi connectivity index (χ4v) is 4.63. The van der Waals surface area contributed by atoms with Crippen LogP contribution in [0, 0.1) is 23.7 Å². The van der Waals surface area contributed by atoms with Crippen molar-refractivity contribution in [2.45, 2.75) is 44.7 Å². The van der Waals surface area contributed by atoms with Gasteiger partial charge in [0.2, 0.25) is 5.91 Å². The molecule has 1 aromatic rings. The van der Waals surface area contributed by atoms with Crippen LogP contribution in [0.25, 0.3) is 0 Å². The molecule has 4 aliphatic rings. The molecule has 24 heavy (non-hydrogen) atoms. The predicted octanol–water partition coefficient (Wildman–Crippen LogP) is 1.12. The van der Waals surface area contributed by atoms with E-state index in [1.807, 2.05) is 10.6 Å². The quantitative estimate of drug-likeness (QED) is 0.901. The molecular weight excluding hydrogens is 304 g/mol. The number of hydrogen-bond donors (Lipinski definition) is 1. The Morgan fingerprint density at radius 2 is 2.00 bits per heavy atom. The van der Waals surface area contributed by atoms with Gasteiger partial charge in [-0.3, -0.25) is 9.59 Å². The van der Waals surface area contributed by atoms with Crippen LogP contribution in [0.15, 0.2) is 16.9 Å². The Kier molecular flexibility index (Phi) is 3.34. The van der Waals surface area contributed by atoms with Crippen molar-refractivity contribution in [2.24, 2.45) is 23.7 Å². The lowest BCUT2D eigenvalue weighted by Crippen LogP contribution is -2.42. The van der Waals surface area contributed by atoms with Crippen LogP contribution in [0.5, 0.6) is 0 Å². The van der Waals surface area contributed by atoms with E-state index in [0.29, 0.717) is 17.8 Å². The topological polar surface area (TPSA) is 60.3 Å². The van der Waals surface area contributed by atoms with E-state index in [0.717, 1.165) is 39.0 Å². The van der Waals surface area contributed by atoms with Crippen LogP contribution in [-0.4, -0.2) is 29.7 Å². The van der Waals surface area contributed by atoms with E-state index in [4.69, 9.17) is 4.74 Å². The number of aromatic nitrogens is 1. The molecule has 0 spiro atoms. The summed E-state index contributed by atoms with van der Waals surface area (Å²) in [5, 5.41) is 3.26. The minimum absolute atomic E-state index is 0.133. The van der Waals surface area contributed by atoms with Gasteiger partial charge in [-0.15, -0.1) is 0 Å². The minimum atomic E-state index is 0.133. The zero-order chi connectivity index (χ0) is 16.3. The highest BCUT2D eigenvalue weighted by Crippen LogP contribution is 2.50. The summed E-state index contributed by atoms with van der Waals surface area (Å²) in [4.78, 5) is 24.7. The normalized spacial score (nSPS) is 33.7. The molecule has 2 saturated carbocycles. The molecule has 1 N–H and O–H groups in total. The highest BCUT2D eigenvalue weighted by atomic mass is 16.5. The molecule has 3 aliphatic carbocycles. The Bertz CT molecular complexity index is 727. The van der Waals surface area contributed by atoms with Crippen molar-refractivity contribution in [2.75, 3.05) is 13.2 Å². The molecule has 2 unspecified atom stereocenters. The number of nitrogens with zero attached hydrogens (tertiary/aromatic N) is 1. The van der Waals surface area contributed by atoms with Crippen molar-refractivity contribution in [3.63, 3.8) is 0 Å². The molecule has 1 saturated heterocycles. The average molecular weight is 328 g/mol. The smallest absolute Gasteiger partial charge is 0.250 e. The summed E-state index contributed by atoms with van der Waals surface area (Å²) < 4.78 is 7.37. The summed E-state index contributed by atoms with van der Waals surface area (Å²) in [7, 11) is 0. The van der Waals surface area contributed by atoms with E-state index in [2.05, 4.69) is 5.32 Å². The number of fused-ring (bicyclic) bond motifs is 2. The van der Waals surface area contributed by atoms with Gasteiger partial charge in [0.15, 0.2) is 0 Å². The van der Waals surface area contributed by atoms with Crippen LogP contribution in [0.4, 0.5) is 0 Å². The lowest BCUT2D eigenvalue weighted by molar-refractivity contribution is -0.124. The van der Waals surface area contributed by atoms with Crippen LogP contribution >= 0.6 is 0 Å². The maximum absolute atomic E-state index is 12.5. The fourth-order valence-electron chi connectivity index (χ4n) is 4.63. The van der Waals surface area contributed by atoms with Crippen molar-refractivity contribution in [1.82, 2.24) is 9.88 Å². The first-order chi connectivity index (χ1) is 11.7. The van der Waals surface area contributed by atoms with Gasteiger partial charge in [-0.25, -0.2) is 0 Å². The van der Waals surface area contributed by atoms with Crippen LogP contribution < -0.4 is 10.9 Å². The highest BCUT2D eigenvalue weighted by Gasteiger charge is 2.58. The Balaban J connectivity index is 1.28. The first kappa shape index (κ1) is 14.7. The average Bonchev–Trinajstić information content (AvgIpc) is 3.48. The van der Waals surface area contributed by atoms with Crippen molar-refractivity contribution in [3.05, 3.63) is 33.7 Å². The number of pyridine rings is 1. The van der Waals surface area contributed by atoms with Gasteiger partial charge in [-0.1, -0.05) is 6.07 Å². The lowest BCUT2D eigenvalue weighted by Gasteiger charge is -2.28. The Morgan fingerprint density at radius 1 is 1.21 bits per heavy atom. The number of carbonyl (C=O) groups excluding carboxylic acids is 1. The van der Waals surface area contributed by atoms with Crippen molar-refractivity contribution >= 4 is 5.91 Å². The summed E-state index contributed by atoms with van der Waals surface area (Å²) in [5.74, 6) is 2.02. The number of carbonyl (C=O) groups is 1. The van der Waals surface area contributed by atoms with Gasteiger partial charge in [-0.2, -0.15) is 0 Å². The Labute approximate surface area is 141 Å². The predicted molar refractivity (Wildman–Crippen MR) is 88.7 cm³/mol. The van der Waals surface area contributed by atoms with Crippen LogP contribution in [-0.2, 0) is 28.9 Å². The van der Waals surface area contributed by atoms with Crippen molar-refractivity contribution < 1.29 is 9.53 Å². The van der Waals surface area contributed by atoms with Gasteiger partial charge in [0, 0.05) is 30.3 Å². The van der Waals surface area contributed by atoms with Gasteiger partial charge in [0.05, 0.1) is 13.2 Å². The molecule has 5 heteroatoms. The molecule has 0 radical (unpaired) electrons. The van der Waals surface area contributed by atoms with Gasteiger partial charge in [0.1, 0.15) is 0 Å². The fraction of sp³-hybridized carbons (Fsp3) is 0.684. The maximum Gasteiger partial charge on any atom is 0.250 e. The molecule has 1 aliphatic heterocycles. The van der Waals surface area contributed by atoms with Crippen LogP contribution in [0.2, 0.25) is 0 Å². The molecule has 1 aromatic heterocycles. The van der Waals surface area contributed by atoms with Crippen molar-refractivity contribution in [3.8, 4) is 0 Å². The zero-order valence-electron chi connectivity index (χ0n) is 13.9. The molecule has 0 aromatic carbocycles.